The number of phenolic OH excluding ortho intramolecular Hbond substituents is 1. The van der Waals surface area contributed by atoms with Crippen LogP contribution in [0, 0.1) is 27.4 Å². The number of amides is 2. The highest BCUT2D eigenvalue weighted by molar-refractivity contribution is 6.33. The topological polar surface area (TPSA) is 169 Å². The third-order valence-corrected chi connectivity index (χ3v) is 8.14. The zero-order chi connectivity index (χ0) is 33.8. The molecule has 0 atom stereocenters. The predicted octanol–water partition coefficient (Wildman–Crippen LogP) is 5.18. The van der Waals surface area contributed by atoms with Gasteiger partial charge in [-0.05, 0) is 61.2 Å². The number of rotatable bonds is 9. The SMILES string of the molecule is N#Cc1c(-c2cc(C(F)(F)F)ccc2Cl)cc(-c2cc(Cl)cc(CCNC(=O)C3CCN(C(=O)CC[N+](=O)[O-])CC3)c2O)[nH]c1=O. The van der Waals surface area contributed by atoms with Crippen molar-refractivity contribution in [3.63, 3.8) is 0 Å². The molecule has 2 amide bonds. The van der Waals surface area contributed by atoms with E-state index in [1.807, 2.05) is 0 Å². The van der Waals surface area contributed by atoms with Gasteiger partial charge in [-0.3, -0.25) is 24.5 Å². The number of nitrogens with zero attached hydrogens (tertiary/aromatic N) is 3. The van der Waals surface area contributed by atoms with Crippen molar-refractivity contribution in [2.24, 2.45) is 5.92 Å². The minimum Gasteiger partial charge on any atom is -0.507 e. The third-order valence-electron chi connectivity index (χ3n) is 7.59. The molecular formula is C30H26Cl2F3N5O6. The number of aromatic nitrogens is 1. The van der Waals surface area contributed by atoms with E-state index in [1.54, 1.807) is 6.07 Å². The molecule has 0 saturated carbocycles. The number of aromatic hydroxyl groups is 1. The Bertz CT molecular complexity index is 1780. The molecule has 16 heteroatoms. The summed E-state index contributed by atoms with van der Waals surface area (Å²) in [4.78, 5) is 51.7. The molecule has 2 aromatic carbocycles. The summed E-state index contributed by atoms with van der Waals surface area (Å²) in [6.45, 7) is 0.222. The van der Waals surface area contributed by atoms with Gasteiger partial charge in [0.2, 0.25) is 18.4 Å². The number of halogens is 5. The maximum absolute atomic E-state index is 13.4. The lowest BCUT2D eigenvalue weighted by atomic mass is 9.95. The van der Waals surface area contributed by atoms with Gasteiger partial charge in [0.25, 0.3) is 5.56 Å². The van der Waals surface area contributed by atoms with Crippen molar-refractivity contribution < 1.29 is 32.8 Å². The third kappa shape index (κ3) is 7.96. The van der Waals surface area contributed by atoms with Gasteiger partial charge in [0.05, 0.1) is 17.7 Å². The number of pyridine rings is 1. The van der Waals surface area contributed by atoms with E-state index in [-0.39, 0.29) is 80.9 Å². The number of carbonyl (C=O) groups excluding carboxylic acids is 2. The molecule has 242 valence electrons. The van der Waals surface area contributed by atoms with Gasteiger partial charge < -0.3 is 20.3 Å². The monoisotopic (exact) mass is 679 g/mol. The largest absolute Gasteiger partial charge is 0.507 e. The first kappa shape index (κ1) is 34.3. The summed E-state index contributed by atoms with van der Waals surface area (Å²) in [6.07, 6.45) is -4.05. The fourth-order valence-corrected chi connectivity index (χ4v) is 5.65. The van der Waals surface area contributed by atoms with Crippen LogP contribution in [-0.4, -0.2) is 57.9 Å². The summed E-state index contributed by atoms with van der Waals surface area (Å²) in [5, 5.41) is 34.0. The van der Waals surface area contributed by atoms with Crippen LogP contribution in [-0.2, 0) is 22.2 Å². The van der Waals surface area contributed by atoms with Crippen molar-refractivity contribution in [3.05, 3.63) is 83.6 Å². The van der Waals surface area contributed by atoms with Crippen LogP contribution in [0.15, 0.2) is 41.2 Å². The molecule has 4 rings (SSSR count). The molecule has 0 aliphatic carbocycles. The minimum absolute atomic E-state index is 0.0221. The number of alkyl halides is 3. The van der Waals surface area contributed by atoms with Crippen molar-refractivity contribution >= 4 is 35.0 Å². The molecule has 1 aromatic heterocycles. The van der Waals surface area contributed by atoms with Gasteiger partial charge in [-0.2, -0.15) is 18.4 Å². The number of H-pyrrole nitrogens is 1. The molecular weight excluding hydrogens is 654 g/mol. The van der Waals surface area contributed by atoms with Gasteiger partial charge in [-0.15, -0.1) is 0 Å². The number of likely N-dealkylation sites (tertiary alicyclic amines) is 1. The van der Waals surface area contributed by atoms with Crippen LogP contribution in [0.5, 0.6) is 5.75 Å². The number of nitriles is 1. The normalized spacial score (nSPS) is 13.7. The van der Waals surface area contributed by atoms with Gasteiger partial charge >= 0.3 is 6.18 Å². The Morgan fingerprint density at radius 3 is 2.46 bits per heavy atom. The number of nitro groups is 1. The van der Waals surface area contributed by atoms with Gasteiger partial charge in [0, 0.05) is 57.2 Å². The van der Waals surface area contributed by atoms with E-state index in [9.17, 15) is 48.0 Å². The number of aromatic amines is 1. The van der Waals surface area contributed by atoms with Gasteiger partial charge in [-0.1, -0.05) is 23.2 Å². The van der Waals surface area contributed by atoms with Crippen molar-refractivity contribution in [3.8, 4) is 34.2 Å². The summed E-state index contributed by atoms with van der Waals surface area (Å²) in [6, 6.07) is 8.21. The second kappa shape index (κ2) is 14.2. The van der Waals surface area contributed by atoms with Crippen molar-refractivity contribution in [1.82, 2.24) is 15.2 Å². The molecule has 0 radical (unpaired) electrons. The summed E-state index contributed by atoms with van der Waals surface area (Å²) >= 11 is 12.5. The van der Waals surface area contributed by atoms with E-state index in [4.69, 9.17) is 23.2 Å². The Morgan fingerprint density at radius 2 is 1.83 bits per heavy atom. The summed E-state index contributed by atoms with van der Waals surface area (Å²) in [7, 11) is 0. The van der Waals surface area contributed by atoms with Crippen LogP contribution < -0.4 is 10.9 Å². The molecule has 1 saturated heterocycles. The molecule has 1 fully saturated rings. The first-order valence-electron chi connectivity index (χ1n) is 13.9. The lowest BCUT2D eigenvalue weighted by Gasteiger charge is -2.31. The van der Waals surface area contributed by atoms with Gasteiger partial charge in [-0.25, -0.2) is 0 Å². The summed E-state index contributed by atoms with van der Waals surface area (Å²) < 4.78 is 40.3. The Kier molecular flexibility index (Phi) is 10.6. The van der Waals surface area contributed by atoms with E-state index in [2.05, 4.69) is 10.3 Å². The lowest BCUT2D eigenvalue weighted by Crippen LogP contribution is -2.43. The van der Waals surface area contributed by atoms with Crippen molar-refractivity contribution in [2.75, 3.05) is 26.2 Å². The highest BCUT2D eigenvalue weighted by atomic mass is 35.5. The molecule has 2 heterocycles. The Hall–Kier alpha value is -4.61. The number of hydrogen-bond donors (Lipinski definition) is 3. The minimum atomic E-state index is -4.72. The van der Waals surface area contributed by atoms with Crippen molar-refractivity contribution in [1.29, 1.82) is 5.26 Å². The smallest absolute Gasteiger partial charge is 0.416 e. The second-order valence-corrected chi connectivity index (χ2v) is 11.4. The number of benzene rings is 2. The number of carbonyl (C=O) groups is 2. The van der Waals surface area contributed by atoms with E-state index < -0.39 is 34.3 Å². The highest BCUT2D eigenvalue weighted by Gasteiger charge is 2.32. The van der Waals surface area contributed by atoms with Gasteiger partial charge in [0.1, 0.15) is 17.4 Å². The summed E-state index contributed by atoms with van der Waals surface area (Å²) in [5.74, 6) is -1.30. The van der Waals surface area contributed by atoms with E-state index in [1.165, 1.54) is 23.1 Å². The molecule has 1 aliphatic rings. The quantitative estimate of drug-likeness (QED) is 0.207. The predicted molar refractivity (Wildman–Crippen MR) is 162 cm³/mol. The fourth-order valence-electron chi connectivity index (χ4n) is 5.19. The van der Waals surface area contributed by atoms with Crippen LogP contribution in [0.4, 0.5) is 13.2 Å². The van der Waals surface area contributed by atoms with Crippen LogP contribution in [0.2, 0.25) is 10.0 Å². The van der Waals surface area contributed by atoms with Crippen LogP contribution in [0.25, 0.3) is 22.4 Å². The fraction of sp³-hybridized carbons (Fsp3) is 0.333. The Morgan fingerprint density at radius 1 is 1.13 bits per heavy atom. The molecule has 0 bridgehead atoms. The Labute approximate surface area is 269 Å². The molecule has 0 unspecified atom stereocenters. The molecule has 1 aliphatic heterocycles. The lowest BCUT2D eigenvalue weighted by molar-refractivity contribution is -0.478. The highest BCUT2D eigenvalue weighted by Crippen LogP contribution is 2.39. The molecule has 46 heavy (non-hydrogen) atoms. The summed E-state index contributed by atoms with van der Waals surface area (Å²) in [5.41, 5.74) is -2.58. The average Bonchev–Trinajstić information content (AvgIpc) is 3.00. The number of phenols is 1. The first-order chi connectivity index (χ1) is 21.7. The maximum atomic E-state index is 13.4. The molecule has 11 nitrogen and oxygen atoms in total. The zero-order valence-corrected chi connectivity index (χ0v) is 25.4. The zero-order valence-electron chi connectivity index (χ0n) is 23.9. The molecule has 3 N–H and O–H groups in total. The van der Waals surface area contributed by atoms with Crippen LogP contribution in [0.3, 0.4) is 0 Å². The van der Waals surface area contributed by atoms with Crippen LogP contribution >= 0.6 is 23.2 Å². The number of nitrogens with one attached hydrogen (secondary N) is 2. The van der Waals surface area contributed by atoms with E-state index in [0.717, 1.165) is 18.2 Å². The van der Waals surface area contributed by atoms with E-state index in [0.29, 0.717) is 25.9 Å². The number of piperidine rings is 1. The number of hydrogen-bond acceptors (Lipinski definition) is 7. The molecule has 3 aromatic rings. The second-order valence-electron chi connectivity index (χ2n) is 10.6. The molecule has 0 spiro atoms. The maximum Gasteiger partial charge on any atom is 0.416 e. The van der Waals surface area contributed by atoms with Crippen LogP contribution in [0.1, 0.15) is 36.0 Å². The van der Waals surface area contributed by atoms with Crippen molar-refractivity contribution in [2.45, 2.75) is 31.9 Å². The van der Waals surface area contributed by atoms with Gasteiger partial charge in [0.15, 0.2) is 0 Å². The Balaban J connectivity index is 1.51. The van der Waals surface area contributed by atoms with E-state index >= 15 is 0 Å². The first-order valence-corrected chi connectivity index (χ1v) is 14.7. The standard InChI is InChI=1S/C30H26Cl2F3N5O6/c31-19-11-17(3-7-37-28(43)16-4-8-39(9-5-16)26(41)6-10-40(45)46)27(42)22(13-19)25-14-20(23(15-36)29(44)38-25)21-12-18(30(33,34)35)1-2-24(21)32/h1-2,11-14,16,42H,3-10H2,(H,37,43)(H,38,44). The average molecular weight is 680 g/mol.